The summed E-state index contributed by atoms with van der Waals surface area (Å²) < 4.78 is 11.1. The number of nitrogens with one attached hydrogen (secondary N) is 2. The monoisotopic (exact) mass is 591 g/mol. The fourth-order valence-electron chi connectivity index (χ4n) is 7.83. The van der Waals surface area contributed by atoms with Crippen molar-refractivity contribution in [2.45, 2.75) is 95.2 Å². The molecule has 9 heteroatoms. The zero-order chi connectivity index (χ0) is 30.5. The van der Waals surface area contributed by atoms with Gasteiger partial charge in [0.05, 0.1) is 5.54 Å². The summed E-state index contributed by atoms with van der Waals surface area (Å²) in [7, 11) is 0. The number of carboxylic acid groups (broad SMARTS) is 1. The molecule has 4 saturated carbocycles. The van der Waals surface area contributed by atoms with Gasteiger partial charge in [0.1, 0.15) is 18.2 Å². The number of unbranched alkanes of at least 4 members (excludes halogenated alkanes) is 1. The molecule has 4 aliphatic rings. The maximum absolute atomic E-state index is 14.1. The maximum Gasteiger partial charge on any atom is 0.505 e. The smallest absolute Gasteiger partial charge is 0.450 e. The average Bonchev–Trinajstić information content (AvgIpc) is 2.97. The van der Waals surface area contributed by atoms with Crippen LogP contribution in [0.1, 0.15) is 76.3 Å². The van der Waals surface area contributed by atoms with Crippen molar-refractivity contribution in [2.24, 2.45) is 23.7 Å². The van der Waals surface area contributed by atoms with Crippen LogP contribution < -0.4 is 10.6 Å². The molecule has 43 heavy (non-hydrogen) atoms. The third-order valence-electron chi connectivity index (χ3n) is 9.76. The van der Waals surface area contributed by atoms with E-state index in [1.165, 1.54) is 12.0 Å². The third-order valence-corrected chi connectivity index (χ3v) is 9.76. The van der Waals surface area contributed by atoms with Gasteiger partial charge in [0, 0.05) is 18.8 Å². The molecule has 4 bridgehead atoms. The Kier molecular flexibility index (Phi) is 9.57. The number of nitrogens with zero attached hydrogens (tertiary/aromatic N) is 1. The van der Waals surface area contributed by atoms with E-state index >= 15 is 0 Å². The van der Waals surface area contributed by atoms with E-state index in [2.05, 4.69) is 27.8 Å². The molecule has 1 aromatic heterocycles. The van der Waals surface area contributed by atoms with Crippen LogP contribution in [0.4, 0.5) is 9.59 Å². The summed E-state index contributed by atoms with van der Waals surface area (Å²) in [5.41, 5.74) is -0.349. The van der Waals surface area contributed by atoms with Crippen molar-refractivity contribution in [1.82, 2.24) is 15.6 Å². The van der Waals surface area contributed by atoms with Crippen molar-refractivity contribution in [1.29, 1.82) is 0 Å². The van der Waals surface area contributed by atoms with Crippen molar-refractivity contribution >= 4 is 18.2 Å². The molecule has 9 nitrogen and oxygen atoms in total. The molecule has 0 radical (unpaired) electrons. The molecule has 1 aromatic carbocycles. The van der Waals surface area contributed by atoms with Crippen molar-refractivity contribution in [3.8, 4) is 0 Å². The quantitative estimate of drug-likeness (QED) is 0.195. The van der Waals surface area contributed by atoms with Gasteiger partial charge in [0.25, 0.3) is 0 Å². The highest BCUT2D eigenvalue weighted by molar-refractivity contribution is 5.90. The van der Waals surface area contributed by atoms with Crippen molar-refractivity contribution in [3.05, 3.63) is 66.0 Å². The average molecular weight is 592 g/mol. The molecule has 2 unspecified atom stereocenters. The highest BCUT2D eigenvalue weighted by Crippen LogP contribution is 2.54. The zero-order valence-corrected chi connectivity index (χ0v) is 25.3. The van der Waals surface area contributed by atoms with Crippen LogP contribution in [0.2, 0.25) is 0 Å². The lowest BCUT2D eigenvalue weighted by Gasteiger charge is -2.53. The van der Waals surface area contributed by atoms with E-state index in [1.54, 1.807) is 32.3 Å². The Hall–Kier alpha value is -3.62. The van der Waals surface area contributed by atoms with Gasteiger partial charge in [-0.15, -0.1) is 0 Å². The van der Waals surface area contributed by atoms with Crippen LogP contribution in [-0.4, -0.2) is 52.0 Å². The Bertz CT molecular complexity index is 1230. The molecule has 0 aliphatic heterocycles. The van der Waals surface area contributed by atoms with Crippen molar-refractivity contribution < 1.29 is 29.0 Å². The molecule has 4 fully saturated rings. The largest absolute Gasteiger partial charge is 0.505 e. The molecule has 2 aromatic rings. The van der Waals surface area contributed by atoms with Gasteiger partial charge in [-0.3, -0.25) is 9.78 Å². The molecule has 1 heterocycles. The Labute approximate surface area is 254 Å². The molecular weight excluding hydrogens is 546 g/mol. The summed E-state index contributed by atoms with van der Waals surface area (Å²) in [6, 6.07) is 13.8. The molecule has 2 amide bonds. The lowest BCUT2D eigenvalue weighted by Crippen LogP contribution is -2.64. The Morgan fingerprint density at radius 3 is 2.21 bits per heavy atom. The molecule has 232 valence electrons. The SMILES string of the molecule is CC(CCCCc1ccccc1)(COC(=O)O)NC(=O)C(C)(Cc1cccnc1)NC(=O)OC1C2CC3CC(C2)CC1C3. The lowest BCUT2D eigenvalue weighted by atomic mass is 9.55. The van der Waals surface area contributed by atoms with E-state index in [0.29, 0.717) is 18.3 Å². The highest BCUT2D eigenvalue weighted by atomic mass is 16.7. The Balaban J connectivity index is 1.27. The van der Waals surface area contributed by atoms with Gasteiger partial charge in [-0.05, 0) is 106 Å². The first-order chi connectivity index (χ1) is 20.6. The molecule has 4 aliphatic carbocycles. The van der Waals surface area contributed by atoms with Gasteiger partial charge in [0.15, 0.2) is 0 Å². The number of rotatable bonds is 13. The summed E-state index contributed by atoms with van der Waals surface area (Å²) in [5.74, 6) is 1.87. The fourth-order valence-corrected chi connectivity index (χ4v) is 7.83. The first-order valence-corrected chi connectivity index (χ1v) is 15.7. The second-order valence-electron chi connectivity index (χ2n) is 13.6. The molecule has 6 rings (SSSR count). The number of alkyl carbamates (subject to hydrolysis) is 1. The van der Waals surface area contributed by atoms with Crippen LogP contribution in [0, 0.1) is 23.7 Å². The number of benzene rings is 1. The third kappa shape index (κ3) is 8.06. The molecule has 2 atom stereocenters. The van der Waals surface area contributed by atoms with E-state index in [9.17, 15) is 19.5 Å². The lowest BCUT2D eigenvalue weighted by molar-refractivity contribution is -0.130. The first kappa shape index (κ1) is 30.8. The first-order valence-electron chi connectivity index (χ1n) is 15.7. The van der Waals surface area contributed by atoms with E-state index in [1.807, 2.05) is 24.3 Å². The van der Waals surface area contributed by atoms with E-state index in [0.717, 1.165) is 62.3 Å². The summed E-state index contributed by atoms with van der Waals surface area (Å²) in [4.78, 5) is 43.0. The van der Waals surface area contributed by atoms with Crippen LogP contribution in [0.5, 0.6) is 0 Å². The van der Waals surface area contributed by atoms with Gasteiger partial charge in [0.2, 0.25) is 5.91 Å². The van der Waals surface area contributed by atoms with Gasteiger partial charge >= 0.3 is 12.2 Å². The van der Waals surface area contributed by atoms with Crippen molar-refractivity contribution in [2.75, 3.05) is 6.61 Å². The highest BCUT2D eigenvalue weighted by Gasteiger charge is 2.50. The molecular formula is C34H45N3O6. The van der Waals surface area contributed by atoms with Crippen LogP contribution in [0.3, 0.4) is 0 Å². The standard InChI is InChI=1S/C34H45N3O6/c1-33(22-42-32(40)41,13-7-6-11-23-9-4-3-5-10-23)36-30(38)34(2,20-24-12-8-14-35-21-24)37-31(39)43-29-27-16-25-15-26(18-27)19-28(29)17-25/h3-5,8-10,12,14,21,25-29H,6-7,11,13,15-20,22H2,1-2H3,(H,36,38)(H,37,39)(H,40,41). The van der Waals surface area contributed by atoms with Crippen LogP contribution in [0.15, 0.2) is 54.9 Å². The van der Waals surface area contributed by atoms with E-state index in [4.69, 9.17) is 9.47 Å². The Morgan fingerprint density at radius 2 is 1.58 bits per heavy atom. The summed E-state index contributed by atoms with van der Waals surface area (Å²) in [6.45, 7) is 3.26. The predicted molar refractivity (Wildman–Crippen MR) is 161 cm³/mol. The van der Waals surface area contributed by atoms with Gasteiger partial charge in [-0.2, -0.15) is 0 Å². The van der Waals surface area contributed by atoms with E-state index in [-0.39, 0.29) is 19.1 Å². The minimum Gasteiger partial charge on any atom is -0.450 e. The van der Waals surface area contributed by atoms with Crippen LogP contribution in [0.25, 0.3) is 0 Å². The predicted octanol–water partition coefficient (Wildman–Crippen LogP) is 5.92. The number of aromatic nitrogens is 1. The second kappa shape index (κ2) is 13.3. The van der Waals surface area contributed by atoms with Gasteiger partial charge in [-0.1, -0.05) is 42.8 Å². The number of hydrogen-bond acceptors (Lipinski definition) is 6. The van der Waals surface area contributed by atoms with E-state index < -0.39 is 29.2 Å². The van der Waals surface area contributed by atoms with Crippen LogP contribution >= 0.6 is 0 Å². The second-order valence-corrected chi connectivity index (χ2v) is 13.6. The number of carbonyl (C=O) groups is 3. The summed E-state index contributed by atoms with van der Waals surface area (Å²) >= 11 is 0. The molecule has 0 spiro atoms. The van der Waals surface area contributed by atoms with Gasteiger partial charge in [-0.25, -0.2) is 9.59 Å². The normalized spacial score (nSPS) is 26.5. The van der Waals surface area contributed by atoms with Gasteiger partial charge < -0.3 is 25.2 Å². The number of ether oxygens (including phenoxy) is 2. The number of amides is 2. The summed E-state index contributed by atoms with van der Waals surface area (Å²) in [5, 5.41) is 15.2. The molecule has 0 saturated heterocycles. The summed E-state index contributed by atoms with van der Waals surface area (Å²) in [6.07, 6.45) is 10.2. The molecule has 3 N–H and O–H groups in total. The Morgan fingerprint density at radius 1 is 0.907 bits per heavy atom. The number of hydrogen-bond donors (Lipinski definition) is 3. The minimum atomic E-state index is -1.40. The van der Waals surface area contributed by atoms with Crippen LogP contribution in [-0.2, 0) is 27.1 Å². The van der Waals surface area contributed by atoms with Crippen molar-refractivity contribution in [3.63, 3.8) is 0 Å². The number of carbonyl (C=O) groups excluding carboxylic acids is 2. The number of aryl methyl sites for hydroxylation is 1. The number of pyridine rings is 1. The minimum absolute atomic E-state index is 0.114. The zero-order valence-electron chi connectivity index (χ0n) is 25.3. The topological polar surface area (TPSA) is 127 Å². The maximum atomic E-state index is 14.1. The fraction of sp³-hybridized carbons (Fsp3) is 0.588.